The highest BCUT2D eigenvalue weighted by atomic mass is 19.1. The van der Waals surface area contributed by atoms with Crippen molar-refractivity contribution in [2.75, 3.05) is 7.05 Å². The van der Waals surface area contributed by atoms with E-state index in [-0.39, 0.29) is 5.57 Å². The summed E-state index contributed by atoms with van der Waals surface area (Å²) in [7, 11) is 1.54. The van der Waals surface area contributed by atoms with Crippen molar-refractivity contribution in [1.82, 2.24) is 0 Å². The Morgan fingerprint density at radius 2 is 1.71 bits per heavy atom. The van der Waals surface area contributed by atoms with E-state index in [1.165, 1.54) is 18.2 Å². The zero-order valence-electron chi connectivity index (χ0n) is 13.4. The molecule has 0 bridgehead atoms. The third-order valence-electron chi connectivity index (χ3n) is 3.55. The second-order valence-electron chi connectivity index (χ2n) is 5.27. The number of hydrogen-bond acceptors (Lipinski definition) is 2. The van der Waals surface area contributed by atoms with Crippen LogP contribution in [0.4, 0.5) is 8.78 Å². The van der Waals surface area contributed by atoms with Crippen molar-refractivity contribution in [3.8, 4) is 0 Å². The normalized spacial score (nSPS) is 15.7. The van der Waals surface area contributed by atoms with Gasteiger partial charge in [0, 0.05) is 18.7 Å². The van der Waals surface area contributed by atoms with Crippen LogP contribution in [0.15, 0.2) is 64.7 Å². The van der Waals surface area contributed by atoms with E-state index >= 15 is 0 Å². The molecule has 1 aromatic rings. The van der Waals surface area contributed by atoms with Gasteiger partial charge < -0.3 is 5.11 Å². The first-order chi connectivity index (χ1) is 11.4. The molecule has 5 heteroatoms. The predicted octanol–water partition coefficient (Wildman–Crippen LogP) is 4.34. The first-order valence-electron chi connectivity index (χ1n) is 7.35. The number of halogens is 2. The van der Waals surface area contributed by atoms with Crippen molar-refractivity contribution in [2.24, 2.45) is 4.99 Å². The van der Waals surface area contributed by atoms with Crippen LogP contribution in [-0.4, -0.2) is 23.8 Å². The lowest BCUT2D eigenvalue weighted by molar-refractivity contribution is -0.132. The van der Waals surface area contributed by atoms with Gasteiger partial charge in [-0.15, -0.1) is 0 Å². The van der Waals surface area contributed by atoms with Gasteiger partial charge in [0.2, 0.25) is 0 Å². The first-order valence-corrected chi connectivity index (χ1v) is 7.35. The molecule has 1 aliphatic carbocycles. The Bertz CT molecular complexity index is 794. The number of aliphatic carboxylic acids is 1. The van der Waals surface area contributed by atoms with Gasteiger partial charge in [-0.25, -0.2) is 13.6 Å². The average Bonchev–Trinajstić information content (AvgIpc) is 2.77. The highest BCUT2D eigenvalue weighted by molar-refractivity contribution is 6.17. The molecule has 0 amide bonds. The average molecular weight is 329 g/mol. The Labute approximate surface area is 139 Å². The second kappa shape index (κ2) is 7.64. The van der Waals surface area contributed by atoms with Crippen LogP contribution in [0.3, 0.4) is 0 Å². The van der Waals surface area contributed by atoms with Crippen molar-refractivity contribution in [3.05, 3.63) is 76.9 Å². The summed E-state index contributed by atoms with van der Waals surface area (Å²) in [6, 6.07) is 3.24. The lowest BCUT2D eigenvalue weighted by Crippen LogP contribution is -2.08. The number of benzene rings is 1. The molecular weight excluding hydrogens is 312 g/mol. The zero-order chi connectivity index (χ0) is 17.7. The van der Waals surface area contributed by atoms with Crippen LogP contribution in [0.1, 0.15) is 18.9 Å². The molecule has 0 atom stereocenters. The van der Waals surface area contributed by atoms with E-state index in [1.54, 1.807) is 32.2 Å². The van der Waals surface area contributed by atoms with Gasteiger partial charge in [0.15, 0.2) is 0 Å². The molecule has 124 valence electrons. The van der Waals surface area contributed by atoms with Gasteiger partial charge in [0.25, 0.3) is 0 Å². The number of nitrogens with zero attached hydrogens (tertiary/aromatic N) is 1. The number of aliphatic imine (C=N–C) groups is 1. The molecule has 0 radical (unpaired) electrons. The predicted molar refractivity (Wildman–Crippen MR) is 90.9 cm³/mol. The van der Waals surface area contributed by atoms with Crippen molar-refractivity contribution in [1.29, 1.82) is 0 Å². The minimum atomic E-state index is -1.06. The molecule has 1 N–H and O–H groups in total. The van der Waals surface area contributed by atoms with Crippen LogP contribution in [0.25, 0.3) is 5.57 Å². The van der Waals surface area contributed by atoms with Crippen LogP contribution in [0.2, 0.25) is 0 Å². The molecule has 0 unspecified atom stereocenters. The van der Waals surface area contributed by atoms with Gasteiger partial charge in [0.1, 0.15) is 11.6 Å². The zero-order valence-corrected chi connectivity index (χ0v) is 13.4. The molecule has 0 aromatic heterocycles. The number of carbonyl (C=O) groups is 1. The van der Waals surface area contributed by atoms with E-state index in [2.05, 4.69) is 4.99 Å². The molecule has 1 aliphatic rings. The Balaban J connectivity index is 2.51. The summed E-state index contributed by atoms with van der Waals surface area (Å²) >= 11 is 0. The fourth-order valence-corrected chi connectivity index (χ4v) is 2.37. The second-order valence-corrected chi connectivity index (χ2v) is 5.27. The SMILES string of the molecule is CN=C(/C=C(\C)c1cc(F)cc(F)c1)C1=C(C(=O)O)C=CCC=C1. The van der Waals surface area contributed by atoms with Crippen molar-refractivity contribution in [2.45, 2.75) is 13.3 Å². The summed E-state index contributed by atoms with van der Waals surface area (Å²) in [4.78, 5) is 15.6. The molecule has 3 nitrogen and oxygen atoms in total. The van der Waals surface area contributed by atoms with E-state index in [9.17, 15) is 18.7 Å². The van der Waals surface area contributed by atoms with Crippen LogP contribution in [0.5, 0.6) is 0 Å². The van der Waals surface area contributed by atoms with E-state index in [4.69, 9.17) is 0 Å². The van der Waals surface area contributed by atoms with Gasteiger partial charge in [-0.05, 0) is 42.7 Å². The largest absolute Gasteiger partial charge is 0.478 e. The standard InChI is InChI=1S/C19H17F2NO2/c1-12(13-9-14(20)11-15(21)10-13)8-18(22-2)16-6-4-3-5-7-17(16)19(23)24/h4-11H,3H2,1-2H3,(H,23,24)/b12-8+,22-18?. The summed E-state index contributed by atoms with van der Waals surface area (Å²) in [6.07, 6.45) is 9.05. The Hall–Kier alpha value is -2.82. The number of allylic oxidation sites excluding steroid dienone is 6. The molecule has 2 rings (SSSR count). The Morgan fingerprint density at radius 3 is 2.25 bits per heavy atom. The van der Waals surface area contributed by atoms with Crippen molar-refractivity contribution in [3.63, 3.8) is 0 Å². The third kappa shape index (κ3) is 4.13. The maximum atomic E-state index is 13.4. The Morgan fingerprint density at radius 1 is 1.12 bits per heavy atom. The number of carboxylic acids is 1. The quantitative estimate of drug-likeness (QED) is 0.836. The van der Waals surface area contributed by atoms with Gasteiger partial charge in [-0.2, -0.15) is 0 Å². The number of hydrogen-bond donors (Lipinski definition) is 1. The van der Waals surface area contributed by atoms with Crippen LogP contribution in [0, 0.1) is 11.6 Å². The van der Waals surface area contributed by atoms with Crippen molar-refractivity contribution >= 4 is 17.3 Å². The van der Waals surface area contributed by atoms with Crippen LogP contribution < -0.4 is 0 Å². The Kier molecular flexibility index (Phi) is 5.58. The lowest BCUT2D eigenvalue weighted by Gasteiger charge is -2.08. The number of rotatable bonds is 4. The molecule has 0 fully saturated rings. The molecule has 0 spiro atoms. The van der Waals surface area contributed by atoms with Crippen LogP contribution >= 0.6 is 0 Å². The molecule has 0 aliphatic heterocycles. The highest BCUT2D eigenvalue weighted by Crippen LogP contribution is 2.21. The monoisotopic (exact) mass is 329 g/mol. The highest BCUT2D eigenvalue weighted by Gasteiger charge is 2.15. The molecule has 24 heavy (non-hydrogen) atoms. The minimum Gasteiger partial charge on any atom is -0.478 e. The van der Waals surface area contributed by atoms with Gasteiger partial charge in [0.05, 0.1) is 11.3 Å². The summed E-state index contributed by atoms with van der Waals surface area (Å²) in [5.41, 5.74) is 1.96. The van der Waals surface area contributed by atoms with Crippen LogP contribution in [-0.2, 0) is 4.79 Å². The smallest absolute Gasteiger partial charge is 0.336 e. The molecule has 1 aromatic carbocycles. The maximum Gasteiger partial charge on any atom is 0.336 e. The minimum absolute atomic E-state index is 0.124. The summed E-state index contributed by atoms with van der Waals surface area (Å²) < 4.78 is 26.8. The summed E-state index contributed by atoms with van der Waals surface area (Å²) in [5, 5.41) is 9.38. The van der Waals surface area contributed by atoms with E-state index in [0.29, 0.717) is 28.8 Å². The summed E-state index contributed by atoms with van der Waals surface area (Å²) in [5.74, 6) is -2.40. The van der Waals surface area contributed by atoms with E-state index in [1.807, 2.05) is 6.08 Å². The maximum absolute atomic E-state index is 13.4. The number of carboxylic acid groups (broad SMARTS) is 1. The molecule has 0 saturated heterocycles. The van der Waals surface area contributed by atoms with E-state index in [0.717, 1.165) is 6.07 Å². The van der Waals surface area contributed by atoms with Gasteiger partial charge in [-0.3, -0.25) is 4.99 Å². The fourth-order valence-electron chi connectivity index (χ4n) is 2.37. The lowest BCUT2D eigenvalue weighted by atomic mass is 9.98. The third-order valence-corrected chi connectivity index (χ3v) is 3.55. The topological polar surface area (TPSA) is 49.7 Å². The molecular formula is C19H17F2NO2. The van der Waals surface area contributed by atoms with Gasteiger partial charge >= 0.3 is 5.97 Å². The molecule has 0 heterocycles. The summed E-state index contributed by atoms with van der Waals surface area (Å²) in [6.45, 7) is 1.69. The van der Waals surface area contributed by atoms with Gasteiger partial charge in [-0.1, -0.05) is 24.3 Å². The first kappa shape index (κ1) is 17.5. The van der Waals surface area contributed by atoms with E-state index < -0.39 is 17.6 Å². The van der Waals surface area contributed by atoms with Crippen molar-refractivity contribution < 1.29 is 18.7 Å². The molecule has 0 saturated carbocycles. The fraction of sp³-hybridized carbons (Fsp3) is 0.158.